The predicted octanol–water partition coefficient (Wildman–Crippen LogP) is 4.34. The van der Waals surface area contributed by atoms with Gasteiger partial charge in [0.05, 0.1) is 5.60 Å². The summed E-state index contributed by atoms with van der Waals surface area (Å²) in [6.07, 6.45) is 8.57. The standard InChI is InChI=1S/C26H34O4/c1-4-9-23(2,28)19-13-24-10-11-25(19,29-3)22-26(24)17-7-6-16(24)15(17)12-14-5-8-18(27)21(30-22)20(14)26/h5,8,15-17,19,22,27-28H,4,6-7,9-13H2,1-3H3/t15?,16-,17?,19-,22+,23+,24-,25-,26+/m1/s1. The molecule has 4 nitrogen and oxygen atoms in total. The van der Waals surface area contributed by atoms with Crippen LogP contribution >= 0.6 is 0 Å². The molecule has 0 saturated heterocycles. The smallest absolute Gasteiger partial charge is 0.165 e. The van der Waals surface area contributed by atoms with Gasteiger partial charge in [-0.25, -0.2) is 0 Å². The van der Waals surface area contributed by atoms with Crippen LogP contribution in [0, 0.1) is 29.1 Å². The third-order valence-corrected chi connectivity index (χ3v) is 11.1. The highest BCUT2D eigenvalue weighted by Gasteiger charge is 2.87. The minimum absolute atomic E-state index is 0.0324. The van der Waals surface area contributed by atoms with Crippen LogP contribution in [0.25, 0.3) is 0 Å². The Labute approximate surface area is 179 Å². The van der Waals surface area contributed by atoms with E-state index in [4.69, 9.17) is 9.47 Å². The van der Waals surface area contributed by atoms with Crippen molar-refractivity contribution in [1.82, 2.24) is 0 Å². The maximum atomic E-state index is 11.7. The second-order valence-electron chi connectivity index (χ2n) is 11.7. The molecule has 2 unspecified atom stereocenters. The minimum Gasteiger partial charge on any atom is -0.504 e. The van der Waals surface area contributed by atoms with Crippen molar-refractivity contribution in [3.8, 4) is 11.5 Å². The third kappa shape index (κ3) is 1.55. The van der Waals surface area contributed by atoms with E-state index in [1.807, 2.05) is 20.1 Å². The van der Waals surface area contributed by atoms with Crippen LogP contribution in [0.5, 0.6) is 11.5 Å². The molecule has 1 heterocycles. The van der Waals surface area contributed by atoms with E-state index >= 15 is 0 Å². The summed E-state index contributed by atoms with van der Waals surface area (Å²) >= 11 is 0. The van der Waals surface area contributed by atoms with Gasteiger partial charge >= 0.3 is 0 Å². The highest BCUT2D eigenvalue weighted by Crippen LogP contribution is 2.85. The predicted molar refractivity (Wildman–Crippen MR) is 113 cm³/mol. The SMILES string of the molecule is CCC[C@](C)(O)[C@H]1C[C@@]23CC[C@]1(OC)[C@@H]1Oc4c(O)ccc5c4[C@@]12C1CC[C@@H]3C1C5. The summed E-state index contributed by atoms with van der Waals surface area (Å²) in [6.45, 7) is 4.20. The minimum atomic E-state index is -0.765. The number of aromatic hydroxyl groups is 1. The molecule has 6 bridgehead atoms. The summed E-state index contributed by atoms with van der Waals surface area (Å²) in [5, 5.41) is 22.6. The van der Waals surface area contributed by atoms with E-state index in [1.165, 1.54) is 30.4 Å². The highest BCUT2D eigenvalue weighted by atomic mass is 16.6. The number of rotatable bonds is 4. The van der Waals surface area contributed by atoms with Crippen molar-refractivity contribution in [3.05, 3.63) is 23.3 Å². The zero-order valence-corrected chi connectivity index (χ0v) is 18.4. The summed E-state index contributed by atoms with van der Waals surface area (Å²) in [5.41, 5.74) is 1.64. The van der Waals surface area contributed by atoms with Crippen LogP contribution in [0.15, 0.2) is 12.1 Å². The zero-order valence-electron chi connectivity index (χ0n) is 18.4. The van der Waals surface area contributed by atoms with Crippen molar-refractivity contribution < 1.29 is 19.7 Å². The first kappa shape index (κ1) is 18.3. The first-order valence-electron chi connectivity index (χ1n) is 12.2. The fourth-order valence-corrected chi connectivity index (χ4v) is 10.6. The van der Waals surface area contributed by atoms with E-state index < -0.39 is 11.2 Å². The van der Waals surface area contributed by atoms with Gasteiger partial charge in [-0.1, -0.05) is 19.4 Å². The van der Waals surface area contributed by atoms with Gasteiger partial charge in [0, 0.05) is 24.0 Å². The fraction of sp³-hybridized carbons (Fsp3) is 0.769. The third-order valence-electron chi connectivity index (χ3n) is 11.1. The summed E-state index contributed by atoms with van der Waals surface area (Å²) in [6, 6.07) is 4.01. The first-order valence-corrected chi connectivity index (χ1v) is 12.2. The summed E-state index contributed by atoms with van der Waals surface area (Å²) in [7, 11) is 1.84. The Hall–Kier alpha value is -1.26. The Morgan fingerprint density at radius 1 is 1.23 bits per heavy atom. The molecular formula is C26H34O4. The molecule has 1 aliphatic heterocycles. The van der Waals surface area contributed by atoms with Crippen LogP contribution in [-0.2, 0) is 16.6 Å². The summed E-state index contributed by atoms with van der Waals surface area (Å²) in [4.78, 5) is 0. The monoisotopic (exact) mass is 410 g/mol. The van der Waals surface area contributed by atoms with E-state index in [1.54, 1.807) is 0 Å². The fourth-order valence-electron chi connectivity index (χ4n) is 10.6. The van der Waals surface area contributed by atoms with Gasteiger partial charge in [0.2, 0.25) is 0 Å². The Bertz CT molecular complexity index is 955. The molecule has 4 heteroatoms. The maximum Gasteiger partial charge on any atom is 0.165 e. The highest BCUT2D eigenvalue weighted by molar-refractivity contribution is 5.64. The molecule has 0 radical (unpaired) electrons. The van der Waals surface area contributed by atoms with E-state index in [2.05, 4.69) is 13.0 Å². The van der Waals surface area contributed by atoms with Gasteiger partial charge in [0.1, 0.15) is 11.7 Å². The second-order valence-corrected chi connectivity index (χ2v) is 11.7. The Morgan fingerprint density at radius 2 is 2.03 bits per heavy atom. The van der Waals surface area contributed by atoms with Crippen LogP contribution in [0.1, 0.15) is 69.9 Å². The molecule has 1 aromatic carbocycles. The topological polar surface area (TPSA) is 58.9 Å². The number of hydrogen-bond donors (Lipinski definition) is 2. The zero-order chi connectivity index (χ0) is 20.7. The molecule has 8 rings (SSSR count). The van der Waals surface area contributed by atoms with Crippen molar-refractivity contribution in [1.29, 1.82) is 0 Å². The Kier molecular flexibility index (Phi) is 3.18. The molecule has 6 aliphatic carbocycles. The number of phenols is 1. The molecule has 1 aromatic rings. The van der Waals surface area contributed by atoms with Crippen molar-refractivity contribution in [2.75, 3.05) is 7.11 Å². The lowest BCUT2D eigenvalue weighted by molar-refractivity contribution is -0.288. The van der Waals surface area contributed by atoms with Crippen molar-refractivity contribution >= 4 is 0 Å². The van der Waals surface area contributed by atoms with E-state index in [-0.39, 0.29) is 28.6 Å². The number of phenolic OH excluding ortho intramolecular Hbond substituents is 1. The molecule has 5 saturated carbocycles. The quantitative estimate of drug-likeness (QED) is 0.775. The van der Waals surface area contributed by atoms with Crippen LogP contribution < -0.4 is 4.74 Å². The van der Waals surface area contributed by atoms with Gasteiger partial charge in [-0.2, -0.15) is 0 Å². The number of aliphatic hydroxyl groups is 1. The van der Waals surface area contributed by atoms with Crippen LogP contribution in [0.2, 0.25) is 0 Å². The number of ether oxygens (including phenoxy) is 2. The lowest BCUT2D eigenvalue weighted by atomic mass is 9.35. The van der Waals surface area contributed by atoms with Gasteiger partial charge < -0.3 is 19.7 Å². The molecule has 2 spiro atoms. The van der Waals surface area contributed by atoms with Gasteiger partial charge in [-0.05, 0) is 86.7 Å². The van der Waals surface area contributed by atoms with E-state index in [0.29, 0.717) is 11.8 Å². The Morgan fingerprint density at radius 3 is 2.80 bits per heavy atom. The van der Waals surface area contributed by atoms with Crippen molar-refractivity contribution in [2.45, 2.75) is 87.9 Å². The molecule has 0 aromatic heterocycles. The van der Waals surface area contributed by atoms with Crippen molar-refractivity contribution in [2.24, 2.45) is 29.1 Å². The molecule has 2 N–H and O–H groups in total. The number of methoxy groups -OCH3 is 1. The lowest BCUT2D eigenvalue weighted by Gasteiger charge is -2.70. The number of fused-ring (bicyclic) bond motifs is 2. The molecule has 162 valence electrons. The Balaban J connectivity index is 1.53. The first-order chi connectivity index (χ1) is 14.4. The summed E-state index contributed by atoms with van der Waals surface area (Å²) in [5.74, 6) is 3.17. The molecule has 5 fully saturated rings. The number of hydrogen-bond acceptors (Lipinski definition) is 4. The second kappa shape index (κ2) is 5.20. The number of benzene rings is 1. The molecule has 9 atom stereocenters. The molecule has 7 aliphatic rings. The van der Waals surface area contributed by atoms with Gasteiger partial charge in [-0.3, -0.25) is 0 Å². The summed E-state index contributed by atoms with van der Waals surface area (Å²) < 4.78 is 13.3. The average molecular weight is 411 g/mol. The van der Waals surface area contributed by atoms with E-state index in [9.17, 15) is 10.2 Å². The molecule has 30 heavy (non-hydrogen) atoms. The van der Waals surface area contributed by atoms with E-state index in [0.717, 1.165) is 43.8 Å². The maximum absolute atomic E-state index is 11.7. The van der Waals surface area contributed by atoms with Gasteiger partial charge in [0.15, 0.2) is 11.5 Å². The van der Waals surface area contributed by atoms with Crippen LogP contribution in [-0.4, -0.2) is 34.6 Å². The van der Waals surface area contributed by atoms with Gasteiger partial charge in [0.25, 0.3) is 0 Å². The van der Waals surface area contributed by atoms with Crippen molar-refractivity contribution in [3.63, 3.8) is 0 Å². The largest absolute Gasteiger partial charge is 0.504 e. The normalized spacial score (nSPS) is 50.3. The molecule has 0 amide bonds. The van der Waals surface area contributed by atoms with Gasteiger partial charge in [-0.15, -0.1) is 0 Å². The van der Waals surface area contributed by atoms with Crippen LogP contribution in [0.4, 0.5) is 0 Å². The lowest BCUT2D eigenvalue weighted by Crippen LogP contribution is -2.77. The average Bonchev–Trinajstić information content (AvgIpc) is 3.36. The van der Waals surface area contributed by atoms with Crippen LogP contribution in [0.3, 0.4) is 0 Å². The molecular weight excluding hydrogens is 376 g/mol.